The molecule has 2 N–H and O–H groups in total. The van der Waals surface area contributed by atoms with Crippen LogP contribution in [0.1, 0.15) is 62.8 Å². The van der Waals surface area contributed by atoms with Gasteiger partial charge in [-0.05, 0) is 70.4 Å². The molecule has 0 unspecified atom stereocenters. The Labute approximate surface area is 199 Å². The predicted octanol–water partition coefficient (Wildman–Crippen LogP) is 3.42. The molecule has 1 amide bonds. The van der Waals surface area contributed by atoms with Crippen LogP contribution in [0.25, 0.3) is 11.4 Å². The first-order valence-corrected chi connectivity index (χ1v) is 12.1. The van der Waals surface area contributed by atoms with Crippen LogP contribution in [0.4, 0.5) is 4.79 Å². The first-order chi connectivity index (χ1) is 16.4. The van der Waals surface area contributed by atoms with Crippen LogP contribution in [0, 0.1) is 12.8 Å². The van der Waals surface area contributed by atoms with Crippen molar-refractivity contribution < 1.29 is 24.2 Å². The number of hydrogen-bond acceptors (Lipinski definition) is 7. The highest BCUT2D eigenvalue weighted by atomic mass is 16.6. The van der Waals surface area contributed by atoms with Gasteiger partial charge in [-0.1, -0.05) is 5.21 Å². The number of ether oxygens (including phenoxy) is 2. The van der Waals surface area contributed by atoms with Crippen molar-refractivity contribution in [1.29, 1.82) is 0 Å². The van der Waals surface area contributed by atoms with E-state index in [1.165, 1.54) is 0 Å². The highest BCUT2D eigenvalue weighted by molar-refractivity contribution is 5.70. The van der Waals surface area contributed by atoms with Gasteiger partial charge in [-0.25, -0.2) is 9.78 Å². The highest BCUT2D eigenvalue weighted by Gasteiger charge is 2.28. The summed E-state index contributed by atoms with van der Waals surface area (Å²) < 4.78 is 13.2. The van der Waals surface area contributed by atoms with E-state index in [9.17, 15) is 14.7 Å². The van der Waals surface area contributed by atoms with Gasteiger partial charge in [0.1, 0.15) is 17.5 Å². The third-order valence-electron chi connectivity index (χ3n) is 6.70. The second kappa shape index (κ2) is 10.8. The Morgan fingerprint density at radius 2 is 1.91 bits per heavy atom. The molecule has 184 valence electrons. The lowest BCUT2D eigenvalue weighted by atomic mass is 9.87. The predicted molar refractivity (Wildman–Crippen MR) is 123 cm³/mol. The number of alkyl carbamates (subject to hydrolysis) is 1. The van der Waals surface area contributed by atoms with E-state index in [2.05, 4.69) is 20.6 Å². The lowest BCUT2D eigenvalue weighted by Gasteiger charge is -2.27. The number of pyridine rings is 1. The number of rotatable bonds is 8. The summed E-state index contributed by atoms with van der Waals surface area (Å²) in [4.78, 5) is 28.1. The van der Waals surface area contributed by atoms with Crippen LogP contribution in [0.15, 0.2) is 12.1 Å². The number of hydrogen-bond donors (Lipinski definition) is 2. The molecule has 10 nitrogen and oxygen atoms in total. The maximum absolute atomic E-state index is 12.0. The van der Waals surface area contributed by atoms with Crippen LogP contribution in [-0.2, 0) is 23.0 Å². The van der Waals surface area contributed by atoms with Crippen LogP contribution >= 0.6 is 0 Å². The number of aryl methyl sites for hydroxylation is 2. The minimum absolute atomic E-state index is 0.0328. The van der Waals surface area contributed by atoms with Crippen molar-refractivity contribution in [1.82, 2.24) is 25.3 Å². The van der Waals surface area contributed by atoms with Gasteiger partial charge >= 0.3 is 12.1 Å². The van der Waals surface area contributed by atoms with Crippen molar-refractivity contribution >= 4 is 12.1 Å². The van der Waals surface area contributed by atoms with Gasteiger partial charge in [-0.3, -0.25) is 9.48 Å². The summed E-state index contributed by atoms with van der Waals surface area (Å²) in [5.74, 6) is -0.450. The fraction of sp³-hybridized carbons (Fsp3) is 0.625. The van der Waals surface area contributed by atoms with Crippen LogP contribution in [0.2, 0.25) is 0 Å². The molecule has 0 aromatic carbocycles. The molecule has 2 aliphatic rings. The monoisotopic (exact) mass is 471 g/mol. The molecule has 2 heterocycles. The number of carbonyl (C=O) groups is 2. The summed E-state index contributed by atoms with van der Waals surface area (Å²) in [6.07, 6.45) is 7.08. The number of nitrogens with one attached hydrogen (secondary N) is 1. The first kappa shape index (κ1) is 24.0. The third-order valence-corrected chi connectivity index (χ3v) is 6.70. The zero-order valence-corrected chi connectivity index (χ0v) is 19.8. The van der Waals surface area contributed by atoms with Gasteiger partial charge in [0.25, 0.3) is 0 Å². The summed E-state index contributed by atoms with van der Waals surface area (Å²) in [6, 6.07) is 3.70. The number of carboxylic acids is 1. The molecule has 2 aliphatic carbocycles. The van der Waals surface area contributed by atoms with E-state index in [1.807, 2.05) is 26.1 Å². The van der Waals surface area contributed by atoms with Crippen LogP contribution in [-0.4, -0.2) is 55.9 Å². The molecule has 2 aromatic rings. The third kappa shape index (κ3) is 5.84. The molecule has 0 spiro atoms. The van der Waals surface area contributed by atoms with E-state index < -0.39 is 5.97 Å². The van der Waals surface area contributed by atoms with Crippen molar-refractivity contribution in [3.63, 3.8) is 0 Å². The largest absolute Gasteiger partial charge is 0.489 e. The zero-order chi connectivity index (χ0) is 24.1. The normalized spacial score (nSPS) is 20.8. The van der Waals surface area contributed by atoms with E-state index in [0.717, 1.165) is 44.2 Å². The number of nitrogens with zero attached hydrogens (tertiary/aromatic N) is 4. The lowest BCUT2D eigenvalue weighted by Crippen LogP contribution is -2.30. The number of carboxylic acid groups (broad SMARTS) is 1. The average Bonchev–Trinajstić information content (AvgIpc) is 3.45. The molecule has 0 bridgehead atoms. The maximum atomic E-state index is 12.0. The molecule has 4 rings (SSSR count). The summed E-state index contributed by atoms with van der Waals surface area (Å²) in [6.45, 7) is 2.28. The Hall–Kier alpha value is -3.17. The molecule has 2 fully saturated rings. The van der Waals surface area contributed by atoms with Crippen molar-refractivity contribution in [2.24, 2.45) is 13.0 Å². The highest BCUT2D eigenvalue weighted by Crippen LogP contribution is 2.30. The van der Waals surface area contributed by atoms with E-state index in [-0.39, 0.29) is 24.2 Å². The molecule has 34 heavy (non-hydrogen) atoms. The Balaban J connectivity index is 1.37. The quantitative estimate of drug-likeness (QED) is 0.599. The van der Waals surface area contributed by atoms with Gasteiger partial charge in [-0.2, -0.15) is 0 Å². The number of carbonyl (C=O) groups excluding carboxylic acids is 1. The molecule has 0 aliphatic heterocycles. The van der Waals surface area contributed by atoms with E-state index in [1.54, 1.807) is 4.68 Å². The second-order valence-electron chi connectivity index (χ2n) is 9.22. The second-order valence-corrected chi connectivity index (χ2v) is 9.22. The van der Waals surface area contributed by atoms with E-state index in [0.29, 0.717) is 48.6 Å². The fourth-order valence-electron chi connectivity index (χ4n) is 4.80. The number of aromatic nitrogens is 4. The smallest absolute Gasteiger partial charge is 0.407 e. The first-order valence-electron chi connectivity index (χ1n) is 12.1. The van der Waals surface area contributed by atoms with Crippen molar-refractivity contribution in [2.45, 2.75) is 76.9 Å². The molecular weight excluding hydrogens is 438 g/mol. The zero-order valence-electron chi connectivity index (χ0n) is 19.8. The SMILES string of the molecule is Cc1nc(-c2nnn(C)c2CCNC(=O)OC2CCCC2)ccc1O[C@H]1CCC[C@H](C(=O)O)C1. The van der Waals surface area contributed by atoms with E-state index in [4.69, 9.17) is 9.47 Å². The maximum Gasteiger partial charge on any atom is 0.407 e. The molecule has 0 saturated heterocycles. The van der Waals surface area contributed by atoms with E-state index >= 15 is 0 Å². The number of amides is 1. The summed E-state index contributed by atoms with van der Waals surface area (Å²) in [7, 11) is 1.81. The topological polar surface area (TPSA) is 128 Å². The lowest BCUT2D eigenvalue weighted by molar-refractivity contribution is -0.143. The van der Waals surface area contributed by atoms with Gasteiger partial charge in [0.2, 0.25) is 0 Å². The van der Waals surface area contributed by atoms with Crippen molar-refractivity contribution in [3.8, 4) is 17.1 Å². The number of aliphatic carboxylic acids is 1. The Bertz CT molecular complexity index is 1020. The Morgan fingerprint density at radius 3 is 2.65 bits per heavy atom. The standard InChI is InChI=1S/C24H33N5O5/c1-15-21(33-18-9-5-6-16(14-18)23(30)31)11-10-19(26-15)22-20(29(2)28-27-22)12-13-25-24(32)34-17-7-3-4-8-17/h10-11,16-18H,3-9,12-14H2,1-2H3,(H,25,32)(H,30,31)/t16-,18-/m0/s1. The van der Waals surface area contributed by atoms with Crippen LogP contribution in [0.5, 0.6) is 5.75 Å². The van der Waals surface area contributed by atoms with Gasteiger partial charge in [0.05, 0.1) is 29.1 Å². The van der Waals surface area contributed by atoms with Gasteiger partial charge in [-0.15, -0.1) is 5.10 Å². The average molecular weight is 472 g/mol. The van der Waals surface area contributed by atoms with Gasteiger partial charge in [0, 0.05) is 20.0 Å². The van der Waals surface area contributed by atoms with Gasteiger partial charge in [0.15, 0.2) is 0 Å². The molecule has 2 aromatic heterocycles. The van der Waals surface area contributed by atoms with Gasteiger partial charge < -0.3 is 19.9 Å². The minimum Gasteiger partial charge on any atom is -0.489 e. The van der Waals surface area contributed by atoms with Crippen molar-refractivity contribution in [2.75, 3.05) is 6.54 Å². The summed E-state index contributed by atoms with van der Waals surface area (Å²) in [5.41, 5.74) is 2.91. The molecule has 0 radical (unpaired) electrons. The fourth-order valence-corrected chi connectivity index (χ4v) is 4.80. The summed E-state index contributed by atoms with van der Waals surface area (Å²) >= 11 is 0. The Morgan fingerprint density at radius 1 is 1.15 bits per heavy atom. The van der Waals surface area contributed by atoms with Crippen LogP contribution < -0.4 is 10.1 Å². The molecule has 10 heteroatoms. The molecular formula is C24H33N5O5. The van der Waals surface area contributed by atoms with Crippen LogP contribution in [0.3, 0.4) is 0 Å². The summed E-state index contributed by atoms with van der Waals surface area (Å²) in [5, 5.41) is 20.6. The molecule has 2 atom stereocenters. The minimum atomic E-state index is -0.755. The Kier molecular flexibility index (Phi) is 7.64. The van der Waals surface area contributed by atoms with Crippen molar-refractivity contribution in [3.05, 3.63) is 23.5 Å². The molecule has 2 saturated carbocycles.